The zero-order chi connectivity index (χ0) is 15.3. The van der Waals surface area contributed by atoms with Gasteiger partial charge >= 0.3 is 0 Å². The molecule has 22 heavy (non-hydrogen) atoms. The second kappa shape index (κ2) is 5.28. The third kappa shape index (κ3) is 2.37. The average molecular weight is 306 g/mol. The van der Waals surface area contributed by atoms with Gasteiger partial charge in [-0.2, -0.15) is 0 Å². The molecule has 1 aromatic rings. The second-order valence-corrected chi connectivity index (χ2v) is 6.73. The van der Waals surface area contributed by atoms with Gasteiger partial charge in [0.05, 0.1) is 18.8 Å². The van der Waals surface area contributed by atoms with Crippen LogP contribution in [0.1, 0.15) is 31.9 Å². The van der Waals surface area contributed by atoms with Crippen LogP contribution in [0.15, 0.2) is 30.3 Å². The first-order chi connectivity index (χ1) is 10.6. The molecular weight excluding hydrogens is 284 g/mol. The monoisotopic (exact) mass is 306 g/mol. The summed E-state index contributed by atoms with van der Waals surface area (Å²) >= 11 is 0. The van der Waals surface area contributed by atoms with E-state index in [2.05, 4.69) is 12.1 Å². The molecule has 0 aromatic heterocycles. The van der Waals surface area contributed by atoms with Gasteiger partial charge in [-0.05, 0) is 25.8 Å². The Labute approximate surface area is 130 Å². The Kier molecular flexibility index (Phi) is 3.51. The maximum Gasteiger partial charge on any atom is 0.187 e. The van der Waals surface area contributed by atoms with Crippen LogP contribution in [0.4, 0.5) is 0 Å². The van der Waals surface area contributed by atoms with Crippen molar-refractivity contribution < 1.29 is 24.1 Å². The van der Waals surface area contributed by atoms with E-state index < -0.39 is 5.79 Å². The Balaban J connectivity index is 1.59. The summed E-state index contributed by atoms with van der Waals surface area (Å²) in [7, 11) is 0. The summed E-state index contributed by atoms with van der Waals surface area (Å²) in [6, 6.07) is 10.1. The highest BCUT2D eigenvalue weighted by atomic mass is 16.8. The molecule has 4 rings (SSSR count). The minimum Gasteiger partial charge on any atom is -0.394 e. The lowest BCUT2D eigenvalue weighted by Gasteiger charge is -2.39. The highest BCUT2D eigenvalue weighted by molar-refractivity contribution is 5.19. The molecule has 5 heteroatoms. The lowest BCUT2D eigenvalue weighted by Crippen LogP contribution is -2.45. The molecule has 0 aliphatic carbocycles. The van der Waals surface area contributed by atoms with Gasteiger partial charge < -0.3 is 24.1 Å². The van der Waals surface area contributed by atoms with Crippen LogP contribution in [0, 0.1) is 5.92 Å². The van der Waals surface area contributed by atoms with Gasteiger partial charge in [-0.25, -0.2) is 0 Å². The molecular formula is C17H22O5. The first kappa shape index (κ1) is 14.6. The molecule has 4 unspecified atom stereocenters. The summed E-state index contributed by atoms with van der Waals surface area (Å²) in [6.07, 6.45) is -0.206. The van der Waals surface area contributed by atoms with Crippen LogP contribution in [-0.4, -0.2) is 42.1 Å². The van der Waals surface area contributed by atoms with Gasteiger partial charge in [0.1, 0.15) is 12.2 Å². The number of benzene rings is 1. The predicted molar refractivity (Wildman–Crippen MR) is 77.9 cm³/mol. The van der Waals surface area contributed by atoms with Gasteiger partial charge in [0.25, 0.3) is 0 Å². The van der Waals surface area contributed by atoms with Crippen molar-refractivity contribution in [1.29, 1.82) is 0 Å². The van der Waals surface area contributed by atoms with Gasteiger partial charge in [-0.1, -0.05) is 30.3 Å². The maximum atomic E-state index is 9.68. The second-order valence-electron chi connectivity index (χ2n) is 6.73. The largest absolute Gasteiger partial charge is 0.394 e. The quantitative estimate of drug-likeness (QED) is 0.905. The fourth-order valence-electron chi connectivity index (χ4n) is 3.85. The number of aliphatic hydroxyl groups excluding tert-OH is 1. The minimum atomic E-state index is -0.616. The van der Waals surface area contributed by atoms with E-state index in [-0.39, 0.29) is 43.2 Å². The molecule has 3 saturated heterocycles. The fraction of sp³-hybridized carbons (Fsp3) is 0.647. The Morgan fingerprint density at radius 2 is 1.86 bits per heavy atom. The molecule has 5 nitrogen and oxygen atoms in total. The van der Waals surface area contributed by atoms with E-state index in [1.165, 1.54) is 0 Å². The highest BCUT2D eigenvalue weighted by Gasteiger charge is 2.58. The maximum absolute atomic E-state index is 9.68. The van der Waals surface area contributed by atoms with Crippen molar-refractivity contribution in [1.82, 2.24) is 0 Å². The van der Waals surface area contributed by atoms with Crippen LogP contribution >= 0.6 is 0 Å². The highest BCUT2D eigenvalue weighted by Crippen LogP contribution is 2.48. The molecule has 3 heterocycles. The van der Waals surface area contributed by atoms with Gasteiger partial charge in [0.15, 0.2) is 12.1 Å². The molecule has 0 radical (unpaired) electrons. The third-order valence-corrected chi connectivity index (χ3v) is 4.77. The average Bonchev–Trinajstić information content (AvgIpc) is 2.99. The van der Waals surface area contributed by atoms with Gasteiger partial charge in [-0.3, -0.25) is 0 Å². The van der Waals surface area contributed by atoms with Crippen molar-refractivity contribution in [3.05, 3.63) is 35.9 Å². The van der Waals surface area contributed by atoms with Crippen LogP contribution in [0.5, 0.6) is 0 Å². The van der Waals surface area contributed by atoms with Crippen LogP contribution in [0.3, 0.4) is 0 Å². The third-order valence-electron chi connectivity index (χ3n) is 4.77. The summed E-state index contributed by atoms with van der Waals surface area (Å²) < 4.78 is 23.9. The lowest BCUT2D eigenvalue weighted by molar-refractivity contribution is -0.243. The summed E-state index contributed by atoms with van der Waals surface area (Å²) in [4.78, 5) is 0. The van der Waals surface area contributed by atoms with Crippen molar-refractivity contribution >= 4 is 0 Å². The Bertz CT molecular complexity index is 531. The topological polar surface area (TPSA) is 57.2 Å². The molecule has 0 saturated carbocycles. The molecule has 3 aliphatic rings. The SMILES string of the molecule is CC1(C)OC2C3CC(c4ccccc4)OC(CO)[C@H]3O[C@@H]2O1. The van der Waals surface area contributed by atoms with Crippen molar-refractivity contribution in [3.8, 4) is 0 Å². The smallest absolute Gasteiger partial charge is 0.187 e. The van der Waals surface area contributed by atoms with E-state index in [1.807, 2.05) is 32.0 Å². The molecule has 1 aromatic carbocycles. The molecule has 6 atom stereocenters. The minimum absolute atomic E-state index is 0.0470. The van der Waals surface area contributed by atoms with E-state index in [9.17, 15) is 5.11 Å². The number of rotatable bonds is 2. The van der Waals surface area contributed by atoms with Crippen LogP contribution in [0.25, 0.3) is 0 Å². The number of hydrogen-bond donors (Lipinski definition) is 1. The van der Waals surface area contributed by atoms with Gasteiger partial charge in [0, 0.05) is 5.92 Å². The van der Waals surface area contributed by atoms with Crippen LogP contribution in [0.2, 0.25) is 0 Å². The van der Waals surface area contributed by atoms with Crippen LogP contribution < -0.4 is 0 Å². The zero-order valence-corrected chi connectivity index (χ0v) is 12.8. The predicted octanol–water partition coefficient (Wildman–Crippen LogP) is 2.00. The van der Waals surface area contributed by atoms with E-state index in [1.54, 1.807) is 0 Å². The Hall–Kier alpha value is -0.980. The van der Waals surface area contributed by atoms with E-state index >= 15 is 0 Å². The Morgan fingerprint density at radius 3 is 2.59 bits per heavy atom. The standard InChI is InChI=1S/C17H22O5/c1-17(2)21-15-11-8-12(10-6-4-3-5-7-10)19-13(9-18)14(11)20-16(15)22-17/h3-7,11-16,18H,8-9H2,1-2H3/t11?,12?,13?,14-,15?,16+/m0/s1. The molecule has 3 aliphatic heterocycles. The van der Waals surface area contributed by atoms with E-state index in [0.29, 0.717) is 0 Å². The molecule has 1 N–H and O–H groups in total. The fourth-order valence-corrected chi connectivity index (χ4v) is 3.85. The number of ether oxygens (including phenoxy) is 4. The van der Waals surface area contributed by atoms with Crippen molar-refractivity contribution in [2.45, 2.75) is 56.8 Å². The number of fused-ring (bicyclic) bond motifs is 3. The van der Waals surface area contributed by atoms with Gasteiger partial charge in [0.2, 0.25) is 0 Å². The molecule has 0 amide bonds. The molecule has 3 fully saturated rings. The molecule has 120 valence electrons. The van der Waals surface area contributed by atoms with E-state index in [0.717, 1.165) is 12.0 Å². The summed E-state index contributed by atoms with van der Waals surface area (Å²) in [5.41, 5.74) is 1.13. The first-order valence-electron chi connectivity index (χ1n) is 7.90. The number of hydrogen-bond acceptors (Lipinski definition) is 5. The first-order valence-corrected chi connectivity index (χ1v) is 7.90. The van der Waals surface area contributed by atoms with E-state index in [4.69, 9.17) is 18.9 Å². The van der Waals surface area contributed by atoms with Gasteiger partial charge in [-0.15, -0.1) is 0 Å². The Morgan fingerprint density at radius 1 is 1.09 bits per heavy atom. The number of aliphatic hydroxyl groups is 1. The molecule has 0 spiro atoms. The lowest BCUT2D eigenvalue weighted by atomic mass is 9.84. The van der Waals surface area contributed by atoms with Crippen molar-refractivity contribution in [3.63, 3.8) is 0 Å². The van der Waals surface area contributed by atoms with Crippen LogP contribution in [-0.2, 0) is 18.9 Å². The summed E-state index contributed by atoms with van der Waals surface area (Å²) in [5, 5.41) is 9.68. The molecule has 0 bridgehead atoms. The zero-order valence-electron chi connectivity index (χ0n) is 12.8. The van der Waals surface area contributed by atoms with Crippen molar-refractivity contribution in [2.75, 3.05) is 6.61 Å². The summed E-state index contributed by atoms with van der Waals surface area (Å²) in [5.74, 6) is -0.446. The summed E-state index contributed by atoms with van der Waals surface area (Å²) in [6.45, 7) is 3.75. The van der Waals surface area contributed by atoms with Crippen molar-refractivity contribution in [2.24, 2.45) is 5.92 Å². The normalized spacial score (nSPS) is 42.9.